The second kappa shape index (κ2) is 14.1. The number of nitrogens with zero attached hydrogens (tertiary/aromatic N) is 3. The number of H-pyrrole nitrogens is 1. The molecular weight excluding hydrogens is 578 g/mol. The van der Waals surface area contributed by atoms with Crippen molar-refractivity contribution in [2.24, 2.45) is 0 Å². The van der Waals surface area contributed by atoms with Gasteiger partial charge in [0.15, 0.2) is 17.3 Å². The number of para-hydroxylation sites is 1. The van der Waals surface area contributed by atoms with Crippen LogP contribution in [0.3, 0.4) is 0 Å². The fraction of sp³-hybridized carbons (Fsp3) is 0.233. The van der Waals surface area contributed by atoms with E-state index in [1.807, 2.05) is 0 Å². The van der Waals surface area contributed by atoms with Crippen LogP contribution in [-0.4, -0.2) is 64.6 Å². The van der Waals surface area contributed by atoms with E-state index in [-0.39, 0.29) is 42.5 Å². The molecule has 0 spiro atoms. The second-order valence-corrected chi connectivity index (χ2v) is 9.76. The summed E-state index contributed by atoms with van der Waals surface area (Å²) in [5, 5.41) is 4.99. The molecule has 2 aromatic heterocycles. The molecule has 0 fully saturated rings. The Kier molecular flexibility index (Phi) is 10.1. The van der Waals surface area contributed by atoms with Crippen LogP contribution in [0.2, 0.25) is 0 Å². The number of carbonyl (C=O) groups is 3. The normalized spacial score (nSPS) is 11.8. The Morgan fingerprint density at radius 2 is 1.91 bits per heavy atom. The standard InChI is InChI=1S/C30H30F2N6O6/c1-37(2)26(39)12-5-4-8-21(35-30(42)43-3)28(40)34-22-10-7-15-38(29(22)41)17-25-33-20-9-6-11-24(27(20)36-25)44-23-14-13-18(31)16-19(23)32/h5-7,9-16,21H,4,8,17H2,1-3H3,(H,33,36)(H,34,40)(H,35,42). The van der Waals surface area contributed by atoms with Gasteiger partial charge in [-0.25, -0.2) is 18.6 Å². The number of fused-ring (bicyclic) bond motifs is 1. The van der Waals surface area contributed by atoms with Gasteiger partial charge >= 0.3 is 6.09 Å². The number of carbonyl (C=O) groups excluding carboxylic acids is 3. The van der Waals surface area contributed by atoms with E-state index in [0.29, 0.717) is 22.9 Å². The third-order valence-electron chi connectivity index (χ3n) is 6.35. The number of allylic oxidation sites excluding steroid dienone is 1. The maximum absolute atomic E-state index is 14.2. The van der Waals surface area contributed by atoms with Crippen molar-refractivity contribution >= 4 is 34.6 Å². The van der Waals surface area contributed by atoms with E-state index in [4.69, 9.17) is 4.74 Å². The second-order valence-electron chi connectivity index (χ2n) is 9.76. The molecule has 2 heterocycles. The van der Waals surface area contributed by atoms with Gasteiger partial charge in [-0.05, 0) is 55.3 Å². The first-order valence-electron chi connectivity index (χ1n) is 13.4. The van der Waals surface area contributed by atoms with Crippen molar-refractivity contribution in [2.45, 2.75) is 25.4 Å². The predicted octanol–water partition coefficient (Wildman–Crippen LogP) is 3.93. The van der Waals surface area contributed by atoms with Crippen molar-refractivity contribution in [3.05, 3.63) is 94.7 Å². The molecular formula is C30H30F2N6O6. The molecule has 12 nitrogen and oxygen atoms in total. The molecule has 3 amide bonds. The van der Waals surface area contributed by atoms with Gasteiger partial charge in [0.1, 0.15) is 28.9 Å². The van der Waals surface area contributed by atoms with Gasteiger partial charge < -0.3 is 34.6 Å². The van der Waals surface area contributed by atoms with Crippen LogP contribution >= 0.6 is 0 Å². The molecule has 0 saturated carbocycles. The molecule has 3 N–H and O–H groups in total. The average Bonchev–Trinajstić information content (AvgIpc) is 3.41. The number of anilines is 1. The van der Waals surface area contributed by atoms with Gasteiger partial charge in [-0.2, -0.15) is 0 Å². The fourth-order valence-corrected chi connectivity index (χ4v) is 4.09. The molecule has 4 aromatic rings. The summed E-state index contributed by atoms with van der Waals surface area (Å²) in [5.74, 6) is -2.09. The highest BCUT2D eigenvalue weighted by atomic mass is 19.1. The van der Waals surface area contributed by atoms with Crippen LogP contribution in [-0.2, 0) is 20.9 Å². The van der Waals surface area contributed by atoms with E-state index in [2.05, 4.69) is 25.3 Å². The van der Waals surface area contributed by atoms with Gasteiger partial charge in [0.25, 0.3) is 5.56 Å². The smallest absolute Gasteiger partial charge is 0.407 e. The summed E-state index contributed by atoms with van der Waals surface area (Å²) in [5.41, 5.74) is 0.330. The molecule has 230 valence electrons. The minimum absolute atomic E-state index is 0.0177. The highest BCUT2D eigenvalue weighted by Crippen LogP contribution is 2.30. The van der Waals surface area contributed by atoms with Gasteiger partial charge in [-0.15, -0.1) is 0 Å². The molecule has 0 saturated heterocycles. The molecule has 4 rings (SSSR count). The number of aromatic amines is 1. The molecule has 14 heteroatoms. The first-order valence-corrected chi connectivity index (χ1v) is 13.4. The van der Waals surface area contributed by atoms with Crippen LogP contribution in [0.4, 0.5) is 19.3 Å². The molecule has 0 aliphatic carbocycles. The number of alkyl carbamates (subject to hydrolysis) is 1. The minimum atomic E-state index is -1.06. The maximum atomic E-state index is 14.2. The monoisotopic (exact) mass is 608 g/mol. The molecule has 0 aliphatic rings. The van der Waals surface area contributed by atoms with Crippen molar-refractivity contribution in [2.75, 3.05) is 26.5 Å². The summed E-state index contributed by atoms with van der Waals surface area (Å²) in [6.45, 7) is -0.0177. The number of aromatic nitrogens is 3. The summed E-state index contributed by atoms with van der Waals surface area (Å²) in [7, 11) is 4.36. The lowest BCUT2D eigenvalue weighted by Crippen LogP contribution is -2.44. The van der Waals surface area contributed by atoms with Crippen LogP contribution < -0.4 is 20.9 Å². The van der Waals surface area contributed by atoms with Gasteiger partial charge in [0.05, 0.1) is 19.2 Å². The number of imidazole rings is 1. The Morgan fingerprint density at radius 1 is 1.11 bits per heavy atom. The number of hydrogen-bond donors (Lipinski definition) is 3. The average molecular weight is 609 g/mol. The van der Waals surface area contributed by atoms with Crippen LogP contribution in [0.15, 0.2) is 71.7 Å². The van der Waals surface area contributed by atoms with E-state index in [0.717, 1.165) is 13.2 Å². The number of methoxy groups -OCH3 is 1. The van der Waals surface area contributed by atoms with Crippen LogP contribution in [0.25, 0.3) is 11.0 Å². The Labute approximate surface area is 250 Å². The number of halogens is 2. The number of likely N-dealkylation sites (N-methyl/N-ethyl adjacent to an activating group) is 1. The number of hydrogen-bond acceptors (Lipinski definition) is 7. The highest BCUT2D eigenvalue weighted by molar-refractivity contribution is 5.96. The lowest BCUT2D eigenvalue weighted by atomic mass is 10.1. The Morgan fingerprint density at radius 3 is 2.64 bits per heavy atom. The van der Waals surface area contributed by atoms with E-state index < -0.39 is 35.2 Å². The molecule has 44 heavy (non-hydrogen) atoms. The van der Waals surface area contributed by atoms with E-state index in [1.54, 1.807) is 44.4 Å². The number of ether oxygens (including phenoxy) is 2. The summed E-state index contributed by atoms with van der Waals surface area (Å²) < 4.78 is 39.0. The van der Waals surface area contributed by atoms with Crippen molar-refractivity contribution in [1.82, 2.24) is 24.8 Å². The fourth-order valence-electron chi connectivity index (χ4n) is 4.09. The van der Waals surface area contributed by atoms with Gasteiger partial charge in [-0.1, -0.05) is 12.1 Å². The number of pyridine rings is 1. The third-order valence-corrected chi connectivity index (χ3v) is 6.35. The van der Waals surface area contributed by atoms with Crippen LogP contribution in [0.5, 0.6) is 11.5 Å². The van der Waals surface area contributed by atoms with E-state index >= 15 is 0 Å². The van der Waals surface area contributed by atoms with Gasteiger partial charge in [0, 0.05) is 26.4 Å². The molecule has 0 bridgehead atoms. The summed E-state index contributed by atoms with van der Waals surface area (Å²) >= 11 is 0. The lowest BCUT2D eigenvalue weighted by Gasteiger charge is -2.17. The topological polar surface area (TPSA) is 148 Å². The first kappa shape index (κ1) is 31.4. The number of nitrogens with one attached hydrogen (secondary N) is 3. The summed E-state index contributed by atoms with van der Waals surface area (Å²) in [6.07, 6.45) is 4.03. The maximum Gasteiger partial charge on any atom is 0.407 e. The lowest BCUT2D eigenvalue weighted by molar-refractivity contribution is -0.123. The van der Waals surface area contributed by atoms with E-state index in [9.17, 15) is 28.0 Å². The summed E-state index contributed by atoms with van der Waals surface area (Å²) in [6, 6.07) is 9.84. The largest absolute Gasteiger partial charge is 0.453 e. The summed E-state index contributed by atoms with van der Waals surface area (Å²) in [4.78, 5) is 58.9. The van der Waals surface area contributed by atoms with Crippen molar-refractivity contribution < 1.29 is 32.6 Å². The van der Waals surface area contributed by atoms with Crippen molar-refractivity contribution in [3.8, 4) is 11.5 Å². The van der Waals surface area contributed by atoms with Crippen molar-refractivity contribution in [3.63, 3.8) is 0 Å². The first-order chi connectivity index (χ1) is 21.0. The molecule has 0 aliphatic heterocycles. The molecule has 2 aromatic carbocycles. The molecule has 1 unspecified atom stereocenters. The van der Waals surface area contributed by atoms with Gasteiger partial charge in [-0.3, -0.25) is 14.4 Å². The van der Waals surface area contributed by atoms with E-state index in [1.165, 1.54) is 33.9 Å². The van der Waals surface area contributed by atoms with Crippen molar-refractivity contribution in [1.29, 1.82) is 0 Å². The zero-order valence-corrected chi connectivity index (χ0v) is 24.1. The highest BCUT2D eigenvalue weighted by Gasteiger charge is 2.22. The van der Waals surface area contributed by atoms with Gasteiger partial charge in [0.2, 0.25) is 11.8 Å². The number of amides is 3. The minimum Gasteiger partial charge on any atom is -0.453 e. The Hall–Kier alpha value is -5.53. The zero-order chi connectivity index (χ0) is 31.8. The van der Waals surface area contributed by atoms with Crippen LogP contribution in [0.1, 0.15) is 18.7 Å². The van der Waals surface area contributed by atoms with Crippen LogP contribution in [0, 0.1) is 11.6 Å². The quantitative estimate of drug-likeness (QED) is 0.219. The third kappa shape index (κ3) is 7.85. The number of benzene rings is 2. The Bertz CT molecular complexity index is 1770. The number of rotatable bonds is 11. The predicted molar refractivity (Wildman–Crippen MR) is 157 cm³/mol. The Balaban J connectivity index is 1.50. The molecule has 0 radical (unpaired) electrons. The SMILES string of the molecule is COC(=O)NC(CCC=CC(=O)N(C)C)C(=O)Nc1cccn(Cc2nc3c(Oc4ccc(F)cc4F)cccc3[nH]2)c1=O. The molecule has 1 atom stereocenters. The zero-order valence-electron chi connectivity index (χ0n) is 24.1.